The molecule has 31 heavy (non-hydrogen) atoms. The Morgan fingerprint density at radius 2 is 0.710 bits per heavy atom. The van der Waals surface area contributed by atoms with Gasteiger partial charge in [-0.1, -0.05) is 98.9 Å². The van der Waals surface area contributed by atoms with E-state index in [0.29, 0.717) is 0 Å². The van der Waals surface area contributed by atoms with Crippen molar-refractivity contribution in [2.45, 2.75) is 123 Å². The molecule has 193 valence electrons. The monoisotopic (exact) mass is 692 g/mol. The van der Waals surface area contributed by atoms with Crippen LogP contribution in [0.25, 0.3) is 0 Å². The Morgan fingerprint density at radius 3 is 0.710 bits per heavy atom. The van der Waals surface area contributed by atoms with Crippen molar-refractivity contribution in [2.75, 3.05) is 0 Å². The molecule has 0 saturated heterocycles. The van der Waals surface area contributed by atoms with Crippen molar-refractivity contribution in [1.29, 1.82) is 0 Å². The van der Waals surface area contributed by atoms with Gasteiger partial charge in [-0.25, -0.2) is 0 Å². The van der Waals surface area contributed by atoms with Gasteiger partial charge in [-0.2, -0.15) is 21.6 Å². The fraction of sp³-hybridized carbons (Fsp3) is 1.00. The molecule has 0 aliphatic heterocycles. The molecule has 0 saturated carbocycles. The third-order valence-electron chi connectivity index (χ3n) is 3.87. The van der Waals surface area contributed by atoms with E-state index in [9.17, 15) is 13.2 Å². The molecule has 0 fully saturated rings. The van der Waals surface area contributed by atoms with Crippen LogP contribution in [0.15, 0.2) is 0 Å². The summed E-state index contributed by atoms with van der Waals surface area (Å²) in [5.74, 6) is 0. The molecule has 0 aromatic carbocycles. The predicted molar refractivity (Wildman–Crippen MR) is 128 cm³/mol. The van der Waals surface area contributed by atoms with Gasteiger partial charge >= 0.3 is 15.6 Å². The SMILES string of the molecule is CC(C)P(C(C)C)C(C)C.CC(C)P(C(C)C)C(C)C.O=S(=O)(O)C(F)(F)F.[N]=O.[Os]. The first-order valence-electron chi connectivity index (χ1n) is 9.95. The van der Waals surface area contributed by atoms with E-state index >= 15 is 0 Å². The summed E-state index contributed by atoms with van der Waals surface area (Å²) in [6, 6.07) is 0. The van der Waals surface area contributed by atoms with Crippen LogP contribution in [0.5, 0.6) is 0 Å². The molecule has 5 nitrogen and oxygen atoms in total. The van der Waals surface area contributed by atoms with E-state index in [2.05, 4.69) is 83.1 Å². The van der Waals surface area contributed by atoms with Gasteiger partial charge in [0.1, 0.15) is 5.59 Å². The van der Waals surface area contributed by atoms with E-state index in [1.54, 1.807) is 0 Å². The maximum absolute atomic E-state index is 10.7. The fourth-order valence-electron chi connectivity index (χ4n) is 3.58. The van der Waals surface area contributed by atoms with E-state index in [-0.39, 0.29) is 35.6 Å². The van der Waals surface area contributed by atoms with Crippen molar-refractivity contribution >= 4 is 26.0 Å². The smallest absolute Gasteiger partial charge is 0.279 e. The number of rotatable bonds is 6. The summed E-state index contributed by atoms with van der Waals surface area (Å²) >= 11 is 0. The molecular weight excluding hydrogens is 647 g/mol. The normalized spacial score (nSPS) is 11.9. The summed E-state index contributed by atoms with van der Waals surface area (Å²) in [7, 11) is -5.32. The number of hydrogen-bond acceptors (Lipinski definition) is 3. The van der Waals surface area contributed by atoms with Gasteiger partial charge in [0.2, 0.25) is 0 Å². The number of nitroso groups, excluding NO2 is 1. The number of halogens is 3. The van der Waals surface area contributed by atoms with E-state index < -0.39 is 15.6 Å². The van der Waals surface area contributed by atoms with Gasteiger partial charge in [-0.15, -0.1) is 4.91 Å². The number of alkyl halides is 3. The molecule has 0 rings (SSSR count). The summed E-state index contributed by atoms with van der Waals surface area (Å²) in [6.45, 7) is 28.2. The summed E-state index contributed by atoms with van der Waals surface area (Å²) in [5, 5.41) is 0. The Kier molecular flexibility index (Phi) is 27.4. The van der Waals surface area contributed by atoms with Crippen LogP contribution in [-0.2, 0) is 29.9 Å². The minimum Gasteiger partial charge on any atom is -0.279 e. The first kappa shape index (κ1) is 42.0. The van der Waals surface area contributed by atoms with Gasteiger partial charge in [-0.05, 0) is 34.0 Å². The molecule has 1 radical (unpaired) electrons. The van der Waals surface area contributed by atoms with Crippen LogP contribution in [0, 0.1) is 4.91 Å². The second kappa shape index (κ2) is 20.2. The first-order chi connectivity index (χ1) is 13.2. The topological polar surface area (TPSA) is 93.7 Å². The second-order valence-corrected chi connectivity index (χ2v) is 17.8. The number of hydrogen-bond donors (Lipinski definition) is 1. The Hall–Kier alpha value is 0.796. The second-order valence-electron chi connectivity index (χ2n) is 8.38. The zero-order valence-electron chi connectivity index (χ0n) is 20.9. The van der Waals surface area contributed by atoms with Gasteiger partial charge < -0.3 is 0 Å². The average molecular weight is 691 g/mol. The van der Waals surface area contributed by atoms with Crippen molar-refractivity contribution < 1.29 is 45.9 Å². The summed E-state index contributed by atoms with van der Waals surface area (Å²) in [6.07, 6.45) is 0. The standard InChI is InChI=1S/2C9H21P.CHF3O3S.NO.Os/c2*1-7(2)10(8(3)4)9(5)6;2-1(3,4)8(5,6)7;1-2;/h2*7-9H,1-6H3;(H,5,6,7);;. The minimum absolute atomic E-state index is 0. The molecule has 0 bridgehead atoms. The van der Waals surface area contributed by atoms with Crippen LogP contribution in [0.1, 0.15) is 83.1 Å². The van der Waals surface area contributed by atoms with Crippen LogP contribution < -0.4 is 5.59 Å². The molecule has 0 unspecified atom stereocenters. The maximum atomic E-state index is 10.7. The molecular formula is C19H43F3NO4OsP2S. The van der Waals surface area contributed by atoms with Crippen molar-refractivity contribution in [3.05, 3.63) is 4.91 Å². The van der Waals surface area contributed by atoms with E-state index in [1.807, 2.05) is 0 Å². The summed E-state index contributed by atoms with van der Waals surface area (Å²) in [4.78, 5) is 7.25. The molecule has 0 spiro atoms. The first-order valence-corrected chi connectivity index (χ1v) is 14.5. The van der Waals surface area contributed by atoms with E-state index in [1.165, 1.54) is 0 Å². The Labute approximate surface area is 204 Å². The largest absolute Gasteiger partial charge is 0.522 e. The van der Waals surface area contributed by atoms with Crippen molar-refractivity contribution in [3.63, 3.8) is 0 Å². The van der Waals surface area contributed by atoms with Crippen molar-refractivity contribution in [1.82, 2.24) is 5.59 Å². The van der Waals surface area contributed by atoms with Gasteiger partial charge in [0, 0.05) is 19.8 Å². The zero-order chi connectivity index (χ0) is 25.6. The van der Waals surface area contributed by atoms with E-state index in [4.69, 9.17) is 23.5 Å². The van der Waals surface area contributed by atoms with Gasteiger partial charge in [0.25, 0.3) is 0 Å². The molecule has 0 atom stereocenters. The van der Waals surface area contributed by atoms with Crippen LogP contribution in [-0.4, -0.2) is 52.4 Å². The molecule has 0 aliphatic rings. The third kappa shape index (κ3) is 22.4. The van der Waals surface area contributed by atoms with Crippen LogP contribution in [0.2, 0.25) is 0 Å². The third-order valence-corrected chi connectivity index (χ3v) is 11.6. The quantitative estimate of drug-likeness (QED) is 0.180. The molecule has 12 heteroatoms. The van der Waals surface area contributed by atoms with Crippen molar-refractivity contribution in [3.8, 4) is 0 Å². The maximum Gasteiger partial charge on any atom is 0.522 e. The van der Waals surface area contributed by atoms with Crippen LogP contribution >= 0.6 is 15.8 Å². The molecule has 0 amide bonds. The fourth-order valence-corrected chi connectivity index (χ4v) is 10.7. The Bertz CT molecular complexity index is 457. The average Bonchev–Trinajstić information content (AvgIpc) is 2.45. The summed E-state index contributed by atoms with van der Waals surface area (Å²) < 4.78 is 57.5. The minimum atomic E-state index is -5.84. The zero-order valence-corrected chi connectivity index (χ0v) is 26.0. The molecule has 0 aromatic heterocycles. The van der Waals surface area contributed by atoms with Crippen LogP contribution in [0.3, 0.4) is 0 Å². The van der Waals surface area contributed by atoms with Crippen molar-refractivity contribution in [2.24, 2.45) is 0 Å². The molecule has 0 heterocycles. The Morgan fingerprint density at radius 1 is 0.613 bits per heavy atom. The van der Waals surface area contributed by atoms with E-state index in [0.717, 1.165) is 34.0 Å². The molecule has 1 N–H and O–H groups in total. The van der Waals surface area contributed by atoms with Crippen LogP contribution in [0.4, 0.5) is 13.2 Å². The van der Waals surface area contributed by atoms with Gasteiger partial charge in [-0.3, -0.25) is 4.55 Å². The van der Waals surface area contributed by atoms with Gasteiger partial charge in [0.15, 0.2) is 0 Å². The molecule has 0 aromatic rings. The predicted octanol–water partition coefficient (Wildman–Crippen LogP) is 7.33. The molecule has 0 aliphatic carbocycles. The van der Waals surface area contributed by atoms with Gasteiger partial charge in [0.05, 0.1) is 0 Å². The summed E-state index contributed by atoms with van der Waals surface area (Å²) in [5.41, 5.74) is 5.60. The number of nitrogens with zero attached hydrogens (tertiary/aromatic N) is 1. The Balaban J connectivity index is -0.000000104.